The fourth-order valence-corrected chi connectivity index (χ4v) is 2.08. The van der Waals surface area contributed by atoms with Gasteiger partial charge in [-0.2, -0.15) is 5.10 Å². The summed E-state index contributed by atoms with van der Waals surface area (Å²) in [5.74, 6) is -0.0220. The molecule has 0 radical (unpaired) electrons. The minimum absolute atomic E-state index is 0.0220. The van der Waals surface area contributed by atoms with Crippen LogP contribution >= 0.6 is 0 Å². The van der Waals surface area contributed by atoms with Crippen molar-refractivity contribution in [3.63, 3.8) is 0 Å². The number of nitrogen functional groups attached to an aromatic ring is 1. The summed E-state index contributed by atoms with van der Waals surface area (Å²) < 4.78 is 1.71. The molecule has 2 aromatic rings. The van der Waals surface area contributed by atoms with Gasteiger partial charge < -0.3 is 5.73 Å². The molecule has 15 heavy (non-hydrogen) atoms. The molecule has 0 aliphatic heterocycles. The maximum Gasteiger partial charge on any atom is 0.199 e. The number of anilines is 1. The van der Waals surface area contributed by atoms with Crippen LogP contribution in [0.25, 0.3) is 11.3 Å². The number of nitrogens with zero attached hydrogens (tertiary/aromatic N) is 2. The van der Waals surface area contributed by atoms with Crippen molar-refractivity contribution in [2.75, 3.05) is 5.73 Å². The topological polar surface area (TPSA) is 60.9 Å². The molecule has 3 rings (SSSR count). The Kier molecular flexibility index (Phi) is 1.36. The molecule has 74 valence electrons. The molecule has 1 heterocycles. The summed E-state index contributed by atoms with van der Waals surface area (Å²) in [6.45, 7) is 0. The van der Waals surface area contributed by atoms with Crippen LogP contribution in [-0.4, -0.2) is 15.6 Å². The van der Waals surface area contributed by atoms with Crippen molar-refractivity contribution in [3.8, 4) is 11.3 Å². The van der Waals surface area contributed by atoms with Gasteiger partial charge in [0, 0.05) is 18.3 Å². The molecule has 2 N–H and O–H groups in total. The third-order valence-corrected chi connectivity index (χ3v) is 2.76. The van der Waals surface area contributed by atoms with Crippen molar-refractivity contribution in [2.45, 2.75) is 0 Å². The number of benzene rings is 1. The Morgan fingerprint density at radius 2 is 2.13 bits per heavy atom. The minimum Gasteiger partial charge on any atom is -0.398 e. The van der Waals surface area contributed by atoms with Gasteiger partial charge in [0.2, 0.25) is 0 Å². The average molecular weight is 199 g/mol. The molecule has 1 aliphatic rings. The summed E-state index contributed by atoms with van der Waals surface area (Å²) in [6, 6.07) is 5.50. The van der Waals surface area contributed by atoms with Gasteiger partial charge in [-0.15, -0.1) is 0 Å². The molecule has 0 spiro atoms. The second-order valence-electron chi connectivity index (χ2n) is 3.63. The van der Waals surface area contributed by atoms with Gasteiger partial charge in [0.05, 0.1) is 23.0 Å². The lowest BCUT2D eigenvalue weighted by molar-refractivity contribution is 0.104. The first-order valence-electron chi connectivity index (χ1n) is 4.65. The zero-order valence-corrected chi connectivity index (χ0v) is 8.19. The largest absolute Gasteiger partial charge is 0.398 e. The summed E-state index contributed by atoms with van der Waals surface area (Å²) >= 11 is 0. The lowest BCUT2D eigenvalue weighted by atomic mass is 10.1. The predicted molar refractivity (Wildman–Crippen MR) is 56.5 cm³/mol. The SMILES string of the molecule is Cn1ncc2c1-c1cccc(N)c1C2=O. The zero-order valence-electron chi connectivity index (χ0n) is 8.19. The zero-order chi connectivity index (χ0) is 10.6. The van der Waals surface area contributed by atoms with Crippen molar-refractivity contribution in [1.29, 1.82) is 0 Å². The number of aryl methyl sites for hydroxylation is 1. The number of carbonyl (C=O) groups is 1. The standard InChI is InChI=1S/C11H9N3O/c1-14-10-6-3-2-4-8(12)9(6)11(15)7(10)5-13-14/h2-5H,12H2,1H3. The van der Waals surface area contributed by atoms with Crippen LogP contribution in [0.15, 0.2) is 24.4 Å². The van der Waals surface area contributed by atoms with Crippen LogP contribution in [0.4, 0.5) is 5.69 Å². The molecule has 0 saturated heterocycles. The lowest BCUT2D eigenvalue weighted by Gasteiger charge is -2.03. The molecule has 0 fully saturated rings. The van der Waals surface area contributed by atoms with Crippen LogP contribution in [0.3, 0.4) is 0 Å². The Labute approximate surface area is 86.3 Å². The van der Waals surface area contributed by atoms with Gasteiger partial charge in [-0.05, 0) is 6.07 Å². The van der Waals surface area contributed by atoms with Gasteiger partial charge in [-0.3, -0.25) is 9.48 Å². The minimum atomic E-state index is -0.0220. The summed E-state index contributed by atoms with van der Waals surface area (Å²) in [6.07, 6.45) is 1.59. The predicted octanol–water partition coefficient (Wildman–Crippen LogP) is 1.21. The number of hydrogen-bond donors (Lipinski definition) is 1. The van der Waals surface area contributed by atoms with Gasteiger partial charge in [0.25, 0.3) is 0 Å². The molecular formula is C11H9N3O. The van der Waals surface area contributed by atoms with E-state index < -0.39 is 0 Å². The fraction of sp³-hybridized carbons (Fsp3) is 0.0909. The molecule has 0 amide bonds. The highest BCUT2D eigenvalue weighted by atomic mass is 16.1. The summed E-state index contributed by atoms with van der Waals surface area (Å²) in [5, 5.41) is 4.07. The van der Waals surface area contributed by atoms with Crippen LogP contribution in [-0.2, 0) is 7.05 Å². The molecule has 0 unspecified atom stereocenters. The van der Waals surface area contributed by atoms with E-state index in [1.165, 1.54) is 0 Å². The highest BCUT2D eigenvalue weighted by molar-refractivity contribution is 6.23. The van der Waals surface area contributed by atoms with Gasteiger partial charge >= 0.3 is 0 Å². The molecule has 0 bridgehead atoms. The Hall–Kier alpha value is -2.10. The number of rotatable bonds is 0. The van der Waals surface area contributed by atoms with Crippen molar-refractivity contribution in [3.05, 3.63) is 35.5 Å². The number of ketones is 1. The number of nitrogens with two attached hydrogens (primary N) is 1. The van der Waals surface area contributed by atoms with Crippen LogP contribution in [0.5, 0.6) is 0 Å². The molecule has 1 aromatic carbocycles. The molecule has 1 aromatic heterocycles. The van der Waals surface area contributed by atoms with Crippen LogP contribution in [0.1, 0.15) is 15.9 Å². The normalized spacial score (nSPS) is 12.7. The third kappa shape index (κ3) is 0.857. The van der Waals surface area contributed by atoms with E-state index in [4.69, 9.17) is 5.73 Å². The molecule has 4 nitrogen and oxygen atoms in total. The van der Waals surface area contributed by atoms with E-state index in [1.54, 1.807) is 16.9 Å². The van der Waals surface area contributed by atoms with Crippen molar-refractivity contribution >= 4 is 11.5 Å². The summed E-state index contributed by atoms with van der Waals surface area (Å²) in [4.78, 5) is 12.0. The number of fused-ring (bicyclic) bond motifs is 3. The number of carbonyl (C=O) groups excluding carboxylic acids is 1. The molecule has 4 heteroatoms. The van der Waals surface area contributed by atoms with E-state index in [1.807, 2.05) is 19.2 Å². The monoisotopic (exact) mass is 199 g/mol. The van der Waals surface area contributed by atoms with Crippen LogP contribution < -0.4 is 5.73 Å². The summed E-state index contributed by atoms with van der Waals surface area (Å²) in [7, 11) is 1.82. The Morgan fingerprint density at radius 3 is 2.93 bits per heavy atom. The van der Waals surface area contributed by atoms with Crippen LogP contribution in [0.2, 0.25) is 0 Å². The highest BCUT2D eigenvalue weighted by Gasteiger charge is 2.31. The molecule has 0 saturated carbocycles. The smallest absolute Gasteiger partial charge is 0.199 e. The Balaban J connectivity index is 2.45. The Bertz CT molecular complexity index is 584. The lowest BCUT2D eigenvalue weighted by Crippen LogP contribution is -2.00. The molecule has 1 aliphatic carbocycles. The van der Waals surface area contributed by atoms with Crippen LogP contribution in [0, 0.1) is 0 Å². The highest BCUT2D eigenvalue weighted by Crippen LogP contribution is 2.38. The first-order valence-corrected chi connectivity index (χ1v) is 4.65. The van der Waals surface area contributed by atoms with Crippen molar-refractivity contribution in [1.82, 2.24) is 9.78 Å². The molecular weight excluding hydrogens is 190 g/mol. The average Bonchev–Trinajstić information content (AvgIpc) is 2.70. The summed E-state index contributed by atoms with van der Waals surface area (Å²) in [5.41, 5.74) is 9.34. The van der Waals surface area contributed by atoms with E-state index >= 15 is 0 Å². The van der Waals surface area contributed by atoms with E-state index in [0.717, 1.165) is 11.3 Å². The molecule has 0 atom stereocenters. The maximum absolute atomic E-state index is 12.0. The number of hydrogen-bond acceptors (Lipinski definition) is 3. The third-order valence-electron chi connectivity index (χ3n) is 2.76. The van der Waals surface area contributed by atoms with Crippen molar-refractivity contribution < 1.29 is 4.79 Å². The first-order chi connectivity index (χ1) is 7.20. The second kappa shape index (κ2) is 2.48. The van der Waals surface area contributed by atoms with E-state index in [0.29, 0.717) is 16.8 Å². The van der Waals surface area contributed by atoms with Gasteiger partial charge in [-0.1, -0.05) is 12.1 Å². The fourth-order valence-electron chi connectivity index (χ4n) is 2.08. The van der Waals surface area contributed by atoms with E-state index in [9.17, 15) is 4.79 Å². The second-order valence-corrected chi connectivity index (χ2v) is 3.63. The first kappa shape index (κ1) is 8.23. The quantitative estimate of drug-likeness (QED) is 0.553. The number of aromatic nitrogens is 2. The van der Waals surface area contributed by atoms with E-state index in [2.05, 4.69) is 5.10 Å². The maximum atomic E-state index is 12.0. The van der Waals surface area contributed by atoms with E-state index in [-0.39, 0.29) is 5.78 Å². The van der Waals surface area contributed by atoms with Gasteiger partial charge in [0.1, 0.15) is 0 Å². The van der Waals surface area contributed by atoms with Gasteiger partial charge in [-0.25, -0.2) is 0 Å². The van der Waals surface area contributed by atoms with Crippen molar-refractivity contribution in [2.24, 2.45) is 7.05 Å². The Morgan fingerprint density at radius 1 is 1.33 bits per heavy atom. The van der Waals surface area contributed by atoms with Gasteiger partial charge in [0.15, 0.2) is 5.78 Å².